The maximum absolute atomic E-state index is 12.0. The van der Waals surface area contributed by atoms with Gasteiger partial charge in [-0.15, -0.1) is 0 Å². The Balaban J connectivity index is 1.72. The Bertz CT molecular complexity index is 1370. The molecule has 192 valence electrons. The number of nitrogens with one attached hydrogen (secondary N) is 2. The van der Waals surface area contributed by atoms with Crippen molar-refractivity contribution >= 4 is 17.3 Å². The second-order valence-electron chi connectivity index (χ2n) is 9.44. The van der Waals surface area contributed by atoms with Gasteiger partial charge in [-0.2, -0.15) is 0 Å². The number of hydrogen-bond acceptors (Lipinski definition) is 5. The zero-order valence-electron chi connectivity index (χ0n) is 22.1. The van der Waals surface area contributed by atoms with Crippen molar-refractivity contribution in [1.82, 2.24) is 9.97 Å². The number of phenolic OH excluding ortho intramolecular Hbond substituents is 1. The summed E-state index contributed by atoms with van der Waals surface area (Å²) < 4.78 is 5.90. The summed E-state index contributed by atoms with van der Waals surface area (Å²) in [5.74, 6) is 1.71. The molecule has 0 bridgehead atoms. The molecule has 0 atom stereocenters. The molecule has 0 saturated carbocycles. The second-order valence-corrected chi connectivity index (χ2v) is 9.44. The van der Waals surface area contributed by atoms with E-state index in [4.69, 9.17) is 9.72 Å². The molecule has 7 heteroatoms. The molecule has 3 N–H and O–H groups in total. The molecule has 0 aliphatic carbocycles. The van der Waals surface area contributed by atoms with Crippen molar-refractivity contribution in [3.8, 4) is 34.1 Å². The summed E-state index contributed by atoms with van der Waals surface area (Å²) in [5, 5.41) is 13.2. The maximum atomic E-state index is 12.0. The fourth-order valence-electron chi connectivity index (χ4n) is 4.31. The van der Waals surface area contributed by atoms with Gasteiger partial charge in [0.05, 0.1) is 18.0 Å². The average molecular weight is 499 g/mol. The number of aromatic nitrogens is 2. The number of nitrogens with zero attached hydrogens (tertiary/aromatic N) is 2. The van der Waals surface area contributed by atoms with Crippen molar-refractivity contribution in [2.24, 2.45) is 0 Å². The number of anilines is 2. The van der Waals surface area contributed by atoms with Gasteiger partial charge >= 0.3 is 0 Å². The van der Waals surface area contributed by atoms with Crippen molar-refractivity contribution in [2.75, 3.05) is 30.9 Å². The third-order valence-electron chi connectivity index (χ3n) is 6.21. The van der Waals surface area contributed by atoms with Crippen LogP contribution >= 0.6 is 0 Å². The van der Waals surface area contributed by atoms with Crippen molar-refractivity contribution in [3.63, 3.8) is 0 Å². The number of benzene rings is 3. The molecule has 3 aromatic carbocycles. The molecule has 7 nitrogen and oxygen atoms in total. The number of ether oxygens (including phenoxy) is 1. The normalized spacial score (nSPS) is 10.8. The second kappa shape index (κ2) is 11.2. The molecule has 1 aromatic heterocycles. The predicted octanol–water partition coefficient (Wildman–Crippen LogP) is 6.10. The number of aromatic amines is 1. The number of H-pyrrole nitrogens is 1. The van der Waals surface area contributed by atoms with Crippen LogP contribution in [0.5, 0.6) is 11.5 Å². The molecule has 0 fully saturated rings. The van der Waals surface area contributed by atoms with E-state index in [2.05, 4.69) is 10.3 Å². The molecule has 4 rings (SSSR count). The molecule has 37 heavy (non-hydrogen) atoms. The van der Waals surface area contributed by atoms with E-state index in [1.807, 2.05) is 93.5 Å². The minimum Gasteiger partial charge on any atom is -0.507 e. The smallest absolute Gasteiger partial charge is 0.221 e. The minimum atomic E-state index is -0.143. The molecule has 0 aliphatic rings. The number of para-hydroxylation sites is 1. The molecule has 0 radical (unpaired) electrons. The lowest BCUT2D eigenvalue weighted by Crippen LogP contribution is -2.11. The summed E-state index contributed by atoms with van der Waals surface area (Å²) in [5.41, 5.74) is 6.75. The van der Waals surface area contributed by atoms with E-state index >= 15 is 0 Å². The monoisotopic (exact) mass is 498 g/mol. The summed E-state index contributed by atoms with van der Waals surface area (Å²) in [6.45, 7) is 5.83. The molecule has 0 spiro atoms. The molecule has 0 saturated heterocycles. The summed E-state index contributed by atoms with van der Waals surface area (Å²) in [7, 11) is 3.93. The van der Waals surface area contributed by atoms with Gasteiger partial charge in [0, 0.05) is 43.5 Å². The van der Waals surface area contributed by atoms with Crippen LogP contribution in [0, 0.1) is 13.8 Å². The van der Waals surface area contributed by atoms with E-state index in [1.54, 1.807) is 0 Å². The van der Waals surface area contributed by atoms with Crippen LogP contribution in [0.25, 0.3) is 22.6 Å². The fourth-order valence-corrected chi connectivity index (χ4v) is 4.31. The van der Waals surface area contributed by atoms with Gasteiger partial charge in [0.1, 0.15) is 17.3 Å². The van der Waals surface area contributed by atoms with Crippen LogP contribution in [0.15, 0.2) is 60.7 Å². The lowest BCUT2D eigenvalue weighted by Gasteiger charge is -2.17. The Labute approximate surface area is 218 Å². The first kappa shape index (κ1) is 25.8. The number of phenols is 1. The Morgan fingerprint density at radius 2 is 1.76 bits per heavy atom. The van der Waals surface area contributed by atoms with Crippen molar-refractivity contribution in [2.45, 2.75) is 33.6 Å². The topological polar surface area (TPSA) is 90.5 Å². The Morgan fingerprint density at radius 3 is 2.41 bits per heavy atom. The minimum absolute atomic E-state index is 0.143. The summed E-state index contributed by atoms with van der Waals surface area (Å²) in [4.78, 5) is 22.6. The fraction of sp³-hybridized carbons (Fsp3) is 0.267. The Morgan fingerprint density at radius 1 is 1.05 bits per heavy atom. The summed E-state index contributed by atoms with van der Waals surface area (Å²) in [6.07, 6.45) is 1.49. The number of rotatable bonds is 9. The maximum Gasteiger partial charge on any atom is 0.221 e. The number of carbonyl (C=O) groups excluding carboxylic acids is 1. The molecular weight excluding hydrogens is 464 g/mol. The average Bonchev–Trinajstić information content (AvgIpc) is 3.29. The van der Waals surface area contributed by atoms with E-state index < -0.39 is 0 Å². The molecular formula is C30H34N4O3. The largest absolute Gasteiger partial charge is 0.507 e. The van der Waals surface area contributed by atoms with E-state index in [1.165, 1.54) is 6.92 Å². The number of aryl methyl sites for hydroxylation is 3. The summed E-state index contributed by atoms with van der Waals surface area (Å²) >= 11 is 0. The van der Waals surface area contributed by atoms with Crippen LogP contribution < -0.4 is 15.0 Å². The predicted molar refractivity (Wildman–Crippen MR) is 149 cm³/mol. The molecule has 1 amide bonds. The first-order chi connectivity index (χ1) is 17.7. The van der Waals surface area contributed by atoms with Gasteiger partial charge in [-0.3, -0.25) is 4.79 Å². The van der Waals surface area contributed by atoms with Crippen LogP contribution in [0.4, 0.5) is 11.4 Å². The van der Waals surface area contributed by atoms with Gasteiger partial charge in [0.25, 0.3) is 0 Å². The van der Waals surface area contributed by atoms with Crippen molar-refractivity contribution < 1.29 is 14.6 Å². The van der Waals surface area contributed by atoms with Gasteiger partial charge < -0.3 is 25.0 Å². The van der Waals surface area contributed by atoms with Crippen molar-refractivity contribution in [3.05, 3.63) is 77.5 Å². The lowest BCUT2D eigenvalue weighted by atomic mass is 10.0. The zero-order valence-corrected chi connectivity index (χ0v) is 22.1. The highest BCUT2D eigenvalue weighted by Gasteiger charge is 2.19. The molecule has 0 unspecified atom stereocenters. The number of aromatic hydroxyl groups is 1. The quantitative estimate of drug-likeness (QED) is 0.243. The summed E-state index contributed by atoms with van der Waals surface area (Å²) in [6, 6.07) is 19.6. The van der Waals surface area contributed by atoms with E-state index in [-0.39, 0.29) is 5.91 Å². The highest BCUT2D eigenvalue weighted by molar-refractivity contribution is 5.95. The van der Waals surface area contributed by atoms with Gasteiger partial charge in [0.2, 0.25) is 5.91 Å². The van der Waals surface area contributed by atoms with E-state index in [0.717, 1.165) is 51.5 Å². The number of amides is 1. The Hall–Kier alpha value is -4.26. The molecule has 0 aliphatic heterocycles. The first-order valence-corrected chi connectivity index (χ1v) is 12.4. The van der Waals surface area contributed by atoms with Crippen LogP contribution in [-0.4, -0.2) is 41.7 Å². The van der Waals surface area contributed by atoms with E-state index in [0.29, 0.717) is 30.3 Å². The molecule has 4 aromatic rings. The molecule has 1 heterocycles. The van der Waals surface area contributed by atoms with Gasteiger partial charge in [-0.25, -0.2) is 4.98 Å². The van der Waals surface area contributed by atoms with E-state index in [9.17, 15) is 9.90 Å². The number of carbonyl (C=O) groups is 1. The highest BCUT2D eigenvalue weighted by atomic mass is 16.5. The Kier molecular flexibility index (Phi) is 7.82. The number of imidazole rings is 1. The van der Waals surface area contributed by atoms with Crippen LogP contribution in [0.2, 0.25) is 0 Å². The van der Waals surface area contributed by atoms with Gasteiger partial charge in [-0.05, 0) is 80.3 Å². The van der Waals surface area contributed by atoms with Crippen LogP contribution in [-0.2, 0) is 11.2 Å². The van der Waals surface area contributed by atoms with Gasteiger partial charge in [-0.1, -0.05) is 18.2 Å². The lowest BCUT2D eigenvalue weighted by molar-refractivity contribution is -0.114. The van der Waals surface area contributed by atoms with Crippen LogP contribution in [0.3, 0.4) is 0 Å². The van der Waals surface area contributed by atoms with Crippen LogP contribution in [0.1, 0.15) is 30.2 Å². The third-order valence-corrected chi connectivity index (χ3v) is 6.21. The first-order valence-electron chi connectivity index (χ1n) is 12.4. The highest BCUT2D eigenvalue weighted by Crippen LogP contribution is 2.36. The SMILES string of the molecule is CC(=O)Nc1cc(N(C)C)ccc1-c1nc(-c2cc(C)c(O)c(C)c2)[nH]c1CCCOc1ccccc1. The third kappa shape index (κ3) is 6.12. The standard InChI is InChI=1S/C30H34N4O3/c1-19-16-22(17-20(2)29(19)36)30-32-26(12-9-15-37-24-10-7-6-8-11-24)28(33-30)25-14-13-23(34(4)5)18-27(25)31-21(3)35/h6-8,10-11,13-14,16-18,36H,9,12,15H2,1-5H3,(H,31,35)(H,32,33). The van der Waals surface area contributed by atoms with Crippen molar-refractivity contribution in [1.29, 1.82) is 0 Å². The number of hydrogen-bond donors (Lipinski definition) is 3. The van der Waals surface area contributed by atoms with Gasteiger partial charge in [0.15, 0.2) is 0 Å². The zero-order chi connectivity index (χ0) is 26.5.